The van der Waals surface area contributed by atoms with Crippen LogP contribution in [-0.2, 0) is 9.59 Å². The standard InChI is InChI=1S/C11H9Cl2NO5/c12-5-2-1-3-6(13)9(5)10(17)14-7(11(18)19)4-8(15)16/h1-3,7H,4H2,(H,14,17)(H,15,16)(H,18,19)/t7-/m0/s1. The summed E-state index contributed by atoms with van der Waals surface area (Å²) in [6.45, 7) is 0. The minimum atomic E-state index is -1.56. The number of carboxylic acid groups (broad SMARTS) is 2. The number of aliphatic carboxylic acids is 2. The molecule has 0 spiro atoms. The van der Waals surface area contributed by atoms with Crippen LogP contribution in [0.5, 0.6) is 0 Å². The van der Waals surface area contributed by atoms with Crippen LogP contribution < -0.4 is 5.32 Å². The summed E-state index contributed by atoms with van der Waals surface area (Å²) < 4.78 is 0. The molecule has 19 heavy (non-hydrogen) atoms. The Bertz CT molecular complexity index is 512. The summed E-state index contributed by atoms with van der Waals surface area (Å²) in [7, 11) is 0. The van der Waals surface area contributed by atoms with Crippen LogP contribution in [0.2, 0.25) is 10.0 Å². The molecule has 0 aliphatic heterocycles. The van der Waals surface area contributed by atoms with E-state index in [0.29, 0.717) is 0 Å². The van der Waals surface area contributed by atoms with Gasteiger partial charge in [-0.2, -0.15) is 0 Å². The average molecular weight is 306 g/mol. The SMILES string of the molecule is O=C(O)C[C@H](NC(=O)c1c(Cl)cccc1Cl)C(=O)O. The van der Waals surface area contributed by atoms with Crippen LogP contribution in [0.25, 0.3) is 0 Å². The Morgan fingerprint density at radius 1 is 1.16 bits per heavy atom. The number of carbonyl (C=O) groups is 3. The molecule has 0 saturated carbocycles. The molecule has 0 bridgehead atoms. The first-order chi connectivity index (χ1) is 8.82. The first-order valence-electron chi connectivity index (χ1n) is 5.02. The maximum Gasteiger partial charge on any atom is 0.326 e. The van der Waals surface area contributed by atoms with Crippen LogP contribution in [0, 0.1) is 0 Å². The molecule has 0 aliphatic carbocycles. The molecule has 1 rings (SSSR count). The van der Waals surface area contributed by atoms with E-state index in [1.165, 1.54) is 18.2 Å². The van der Waals surface area contributed by atoms with Gasteiger partial charge in [0.1, 0.15) is 6.04 Å². The molecule has 0 aromatic heterocycles. The van der Waals surface area contributed by atoms with Gasteiger partial charge < -0.3 is 15.5 Å². The van der Waals surface area contributed by atoms with Crippen LogP contribution in [0.1, 0.15) is 16.8 Å². The van der Waals surface area contributed by atoms with E-state index >= 15 is 0 Å². The number of rotatable bonds is 5. The molecule has 0 radical (unpaired) electrons. The van der Waals surface area contributed by atoms with E-state index in [2.05, 4.69) is 5.32 Å². The average Bonchev–Trinajstić information content (AvgIpc) is 2.27. The van der Waals surface area contributed by atoms with Crippen molar-refractivity contribution in [1.29, 1.82) is 0 Å². The Balaban J connectivity index is 2.94. The van der Waals surface area contributed by atoms with Crippen LogP contribution in [-0.4, -0.2) is 34.1 Å². The first-order valence-corrected chi connectivity index (χ1v) is 5.78. The van der Waals surface area contributed by atoms with Crippen molar-refractivity contribution in [3.63, 3.8) is 0 Å². The van der Waals surface area contributed by atoms with Crippen LogP contribution >= 0.6 is 23.2 Å². The molecule has 0 saturated heterocycles. The number of nitrogens with one attached hydrogen (secondary N) is 1. The second-order valence-corrected chi connectivity index (χ2v) is 4.37. The van der Waals surface area contributed by atoms with Gasteiger partial charge in [0.2, 0.25) is 0 Å². The molecule has 0 heterocycles. The van der Waals surface area contributed by atoms with Gasteiger partial charge >= 0.3 is 11.9 Å². The number of halogens is 2. The van der Waals surface area contributed by atoms with E-state index in [0.717, 1.165) is 0 Å². The lowest BCUT2D eigenvalue weighted by atomic mass is 10.1. The maximum absolute atomic E-state index is 11.8. The molecule has 0 unspecified atom stereocenters. The van der Waals surface area contributed by atoms with E-state index in [1.807, 2.05) is 0 Å². The quantitative estimate of drug-likeness (QED) is 0.767. The van der Waals surface area contributed by atoms with Gasteiger partial charge in [-0.25, -0.2) is 4.79 Å². The summed E-state index contributed by atoms with van der Waals surface area (Å²) in [6.07, 6.45) is -0.747. The van der Waals surface area contributed by atoms with Crippen molar-refractivity contribution in [3.05, 3.63) is 33.8 Å². The highest BCUT2D eigenvalue weighted by Crippen LogP contribution is 2.24. The summed E-state index contributed by atoms with van der Waals surface area (Å²) in [5.41, 5.74) is -0.0949. The Labute approximate surface area is 117 Å². The predicted octanol–water partition coefficient (Wildman–Crippen LogP) is 1.65. The van der Waals surface area contributed by atoms with Crippen molar-refractivity contribution in [1.82, 2.24) is 5.32 Å². The van der Waals surface area contributed by atoms with Gasteiger partial charge in [0.05, 0.1) is 22.0 Å². The van der Waals surface area contributed by atoms with Crippen LogP contribution in [0.3, 0.4) is 0 Å². The van der Waals surface area contributed by atoms with Gasteiger partial charge in [-0.1, -0.05) is 29.3 Å². The molecule has 1 aromatic carbocycles. The lowest BCUT2D eigenvalue weighted by molar-refractivity contribution is -0.145. The largest absolute Gasteiger partial charge is 0.481 e. The number of amides is 1. The molecule has 1 amide bonds. The monoisotopic (exact) mass is 305 g/mol. The zero-order chi connectivity index (χ0) is 14.6. The second-order valence-electron chi connectivity index (χ2n) is 3.56. The third-order valence-corrected chi connectivity index (χ3v) is 2.80. The number of hydrogen-bond acceptors (Lipinski definition) is 3. The van der Waals surface area contributed by atoms with Gasteiger partial charge in [-0.05, 0) is 12.1 Å². The smallest absolute Gasteiger partial charge is 0.326 e. The van der Waals surface area contributed by atoms with Crippen molar-refractivity contribution in [2.75, 3.05) is 0 Å². The van der Waals surface area contributed by atoms with E-state index in [-0.39, 0.29) is 15.6 Å². The summed E-state index contributed by atoms with van der Waals surface area (Å²) in [5, 5.41) is 19.5. The fourth-order valence-corrected chi connectivity index (χ4v) is 1.89. The number of carboxylic acids is 2. The molecular weight excluding hydrogens is 297 g/mol. The molecule has 102 valence electrons. The van der Waals surface area contributed by atoms with E-state index in [4.69, 9.17) is 33.4 Å². The van der Waals surface area contributed by atoms with Gasteiger partial charge in [-0.15, -0.1) is 0 Å². The maximum atomic E-state index is 11.8. The van der Waals surface area contributed by atoms with E-state index in [1.54, 1.807) is 0 Å². The van der Waals surface area contributed by atoms with Crippen molar-refractivity contribution in [2.24, 2.45) is 0 Å². The Hall–Kier alpha value is -1.79. The minimum absolute atomic E-state index is 0.0458. The fourth-order valence-electron chi connectivity index (χ4n) is 1.32. The lowest BCUT2D eigenvalue weighted by Gasteiger charge is -2.13. The molecule has 0 fully saturated rings. The van der Waals surface area contributed by atoms with E-state index in [9.17, 15) is 14.4 Å². The highest BCUT2D eigenvalue weighted by Gasteiger charge is 2.25. The number of hydrogen-bond donors (Lipinski definition) is 3. The fraction of sp³-hybridized carbons (Fsp3) is 0.182. The lowest BCUT2D eigenvalue weighted by Crippen LogP contribution is -2.42. The molecule has 8 heteroatoms. The van der Waals surface area contributed by atoms with Crippen molar-refractivity contribution in [3.8, 4) is 0 Å². The van der Waals surface area contributed by atoms with Gasteiger partial charge in [0.25, 0.3) is 5.91 Å². The Morgan fingerprint density at radius 2 is 1.68 bits per heavy atom. The third-order valence-electron chi connectivity index (χ3n) is 2.17. The number of carbonyl (C=O) groups excluding carboxylic acids is 1. The van der Waals surface area contributed by atoms with Gasteiger partial charge in [-0.3, -0.25) is 9.59 Å². The topological polar surface area (TPSA) is 104 Å². The summed E-state index contributed by atoms with van der Waals surface area (Å²) >= 11 is 11.6. The van der Waals surface area contributed by atoms with Crippen molar-refractivity contribution in [2.45, 2.75) is 12.5 Å². The van der Waals surface area contributed by atoms with Gasteiger partial charge in [0.15, 0.2) is 0 Å². The highest BCUT2D eigenvalue weighted by molar-refractivity contribution is 6.39. The van der Waals surface area contributed by atoms with Gasteiger partial charge in [0, 0.05) is 0 Å². The number of benzene rings is 1. The highest BCUT2D eigenvalue weighted by atomic mass is 35.5. The molecule has 0 aliphatic rings. The molecule has 6 nitrogen and oxygen atoms in total. The zero-order valence-electron chi connectivity index (χ0n) is 9.39. The van der Waals surface area contributed by atoms with Crippen molar-refractivity contribution < 1.29 is 24.6 Å². The molecular formula is C11H9Cl2NO5. The first kappa shape index (κ1) is 15.3. The summed E-state index contributed by atoms with van der Waals surface area (Å²) in [6, 6.07) is 2.79. The summed E-state index contributed by atoms with van der Waals surface area (Å²) in [5.74, 6) is -3.65. The zero-order valence-corrected chi connectivity index (χ0v) is 10.9. The third kappa shape index (κ3) is 4.11. The Morgan fingerprint density at radius 3 is 2.11 bits per heavy atom. The second kappa shape index (κ2) is 6.40. The Kier molecular flexibility index (Phi) is 5.14. The molecule has 3 N–H and O–H groups in total. The van der Waals surface area contributed by atoms with Crippen LogP contribution in [0.15, 0.2) is 18.2 Å². The normalized spacial score (nSPS) is 11.7. The summed E-state index contributed by atoms with van der Waals surface area (Å²) in [4.78, 5) is 33.2. The van der Waals surface area contributed by atoms with Crippen LogP contribution in [0.4, 0.5) is 0 Å². The predicted molar refractivity (Wildman–Crippen MR) is 67.6 cm³/mol. The van der Waals surface area contributed by atoms with Crippen molar-refractivity contribution >= 4 is 41.0 Å². The molecule has 1 aromatic rings. The minimum Gasteiger partial charge on any atom is -0.481 e. The molecule has 1 atom stereocenters. The van der Waals surface area contributed by atoms with E-state index < -0.39 is 30.3 Å².